The monoisotopic (exact) mass is 511 g/mol. The number of halogens is 1. The summed E-state index contributed by atoms with van der Waals surface area (Å²) >= 11 is 6.30. The van der Waals surface area contributed by atoms with Gasteiger partial charge < -0.3 is 9.47 Å². The quantitative estimate of drug-likeness (QED) is 0.240. The summed E-state index contributed by atoms with van der Waals surface area (Å²) in [5.41, 5.74) is 4.61. The minimum atomic E-state index is -0.193. The molecule has 0 amide bonds. The molecule has 37 heavy (non-hydrogen) atoms. The second-order valence-corrected chi connectivity index (χ2v) is 9.16. The predicted octanol–water partition coefficient (Wildman–Crippen LogP) is 5.98. The van der Waals surface area contributed by atoms with Crippen molar-refractivity contribution in [2.75, 3.05) is 7.11 Å². The Morgan fingerprint density at radius 2 is 1.65 bits per heavy atom. The van der Waals surface area contributed by atoms with E-state index < -0.39 is 0 Å². The molecule has 0 spiro atoms. The standard InChI is InChI=1S/C30H26ClN3O3/c1-20-16-25(36-2)13-10-23(20)18-34-27(33-28-26(30(34)35)14-15-32-29(28)31)19-37-24-11-8-22(9-12-24)17-21-6-4-3-5-7-21/h3-16H,17-19H2,1-2H3. The fourth-order valence-electron chi connectivity index (χ4n) is 4.26. The van der Waals surface area contributed by atoms with Crippen LogP contribution in [0.15, 0.2) is 89.9 Å². The lowest BCUT2D eigenvalue weighted by Gasteiger charge is -2.16. The van der Waals surface area contributed by atoms with E-state index in [-0.39, 0.29) is 17.3 Å². The van der Waals surface area contributed by atoms with Crippen LogP contribution in [0.1, 0.15) is 28.1 Å². The van der Waals surface area contributed by atoms with Crippen molar-refractivity contribution in [3.63, 3.8) is 0 Å². The maximum Gasteiger partial charge on any atom is 0.261 e. The number of benzene rings is 3. The Balaban J connectivity index is 1.43. The minimum absolute atomic E-state index is 0.101. The summed E-state index contributed by atoms with van der Waals surface area (Å²) in [7, 11) is 1.63. The van der Waals surface area contributed by atoms with Gasteiger partial charge in [-0.05, 0) is 65.9 Å². The molecular weight excluding hydrogens is 486 g/mol. The van der Waals surface area contributed by atoms with E-state index in [1.807, 2.05) is 67.6 Å². The van der Waals surface area contributed by atoms with Crippen LogP contribution < -0.4 is 15.0 Å². The topological polar surface area (TPSA) is 66.2 Å². The highest BCUT2D eigenvalue weighted by molar-refractivity contribution is 6.33. The van der Waals surface area contributed by atoms with Crippen LogP contribution in [-0.2, 0) is 19.6 Å². The van der Waals surface area contributed by atoms with Crippen LogP contribution in [0.5, 0.6) is 11.5 Å². The molecule has 2 aromatic heterocycles. The van der Waals surface area contributed by atoms with Gasteiger partial charge in [0.25, 0.3) is 5.56 Å². The first-order valence-corrected chi connectivity index (χ1v) is 12.3. The van der Waals surface area contributed by atoms with Crippen LogP contribution in [0.25, 0.3) is 10.9 Å². The number of hydrogen-bond acceptors (Lipinski definition) is 5. The van der Waals surface area contributed by atoms with Gasteiger partial charge in [-0.3, -0.25) is 9.36 Å². The molecule has 0 saturated carbocycles. The van der Waals surface area contributed by atoms with Crippen LogP contribution in [0.2, 0.25) is 5.15 Å². The van der Waals surface area contributed by atoms with E-state index in [0.29, 0.717) is 29.0 Å². The number of fused-ring (bicyclic) bond motifs is 1. The van der Waals surface area contributed by atoms with Gasteiger partial charge in [-0.15, -0.1) is 0 Å². The maximum atomic E-state index is 13.5. The Morgan fingerprint density at radius 3 is 2.38 bits per heavy atom. The Hall–Kier alpha value is -4.16. The fourth-order valence-corrected chi connectivity index (χ4v) is 4.46. The molecule has 0 aliphatic heterocycles. The molecule has 2 heterocycles. The Morgan fingerprint density at radius 1 is 0.919 bits per heavy atom. The molecule has 3 aromatic carbocycles. The van der Waals surface area contributed by atoms with Gasteiger partial charge in [0, 0.05) is 6.20 Å². The molecule has 6 nitrogen and oxygen atoms in total. The maximum absolute atomic E-state index is 13.5. The highest BCUT2D eigenvalue weighted by atomic mass is 35.5. The molecule has 0 aliphatic carbocycles. The number of methoxy groups -OCH3 is 1. The molecule has 0 bridgehead atoms. The molecule has 0 fully saturated rings. The molecular formula is C30H26ClN3O3. The second kappa shape index (κ2) is 10.8. The van der Waals surface area contributed by atoms with E-state index in [2.05, 4.69) is 17.1 Å². The van der Waals surface area contributed by atoms with Crippen molar-refractivity contribution >= 4 is 22.5 Å². The Bertz CT molecular complexity index is 1600. The average molecular weight is 512 g/mol. The van der Waals surface area contributed by atoms with Crippen molar-refractivity contribution in [2.24, 2.45) is 0 Å². The fraction of sp³-hybridized carbons (Fsp3) is 0.167. The van der Waals surface area contributed by atoms with E-state index in [9.17, 15) is 4.79 Å². The average Bonchev–Trinajstić information content (AvgIpc) is 2.92. The SMILES string of the molecule is COc1ccc(Cn2c(COc3ccc(Cc4ccccc4)cc3)nc3c(Cl)nccc3c2=O)c(C)c1. The first-order chi connectivity index (χ1) is 18.0. The highest BCUT2D eigenvalue weighted by Crippen LogP contribution is 2.22. The van der Waals surface area contributed by atoms with E-state index in [1.165, 1.54) is 17.3 Å². The molecule has 0 atom stereocenters. The Labute approximate surface area is 220 Å². The number of hydrogen-bond donors (Lipinski definition) is 0. The van der Waals surface area contributed by atoms with Gasteiger partial charge in [0.15, 0.2) is 11.0 Å². The number of aromatic nitrogens is 3. The molecule has 5 aromatic rings. The van der Waals surface area contributed by atoms with Crippen molar-refractivity contribution in [1.82, 2.24) is 14.5 Å². The van der Waals surface area contributed by atoms with E-state index in [4.69, 9.17) is 26.1 Å². The van der Waals surface area contributed by atoms with Gasteiger partial charge >= 0.3 is 0 Å². The number of pyridine rings is 1. The molecule has 0 saturated heterocycles. The van der Waals surface area contributed by atoms with Crippen molar-refractivity contribution in [3.8, 4) is 11.5 Å². The first-order valence-electron chi connectivity index (χ1n) is 11.9. The summed E-state index contributed by atoms with van der Waals surface area (Å²) in [5.74, 6) is 1.92. The van der Waals surface area contributed by atoms with Gasteiger partial charge in [-0.2, -0.15) is 0 Å². The van der Waals surface area contributed by atoms with Crippen LogP contribution in [-0.4, -0.2) is 21.6 Å². The van der Waals surface area contributed by atoms with Crippen LogP contribution >= 0.6 is 11.6 Å². The lowest BCUT2D eigenvalue weighted by molar-refractivity contribution is 0.288. The largest absolute Gasteiger partial charge is 0.497 e. The molecule has 5 rings (SSSR count). The summed E-state index contributed by atoms with van der Waals surface area (Å²) in [6.07, 6.45) is 2.36. The van der Waals surface area contributed by atoms with Gasteiger partial charge in [0.1, 0.15) is 23.6 Å². The van der Waals surface area contributed by atoms with Crippen LogP contribution in [0, 0.1) is 6.92 Å². The number of rotatable bonds is 8. The lowest BCUT2D eigenvalue weighted by atomic mass is 10.1. The zero-order valence-corrected chi connectivity index (χ0v) is 21.4. The number of nitrogens with zero attached hydrogens (tertiary/aromatic N) is 3. The van der Waals surface area contributed by atoms with E-state index in [1.54, 1.807) is 17.7 Å². The Kier molecular flexibility index (Phi) is 7.19. The van der Waals surface area contributed by atoms with Crippen molar-refractivity contribution in [3.05, 3.63) is 129 Å². The molecule has 0 N–H and O–H groups in total. The highest BCUT2D eigenvalue weighted by Gasteiger charge is 2.16. The third-order valence-electron chi connectivity index (χ3n) is 6.33. The molecule has 7 heteroatoms. The zero-order valence-electron chi connectivity index (χ0n) is 20.6. The van der Waals surface area contributed by atoms with E-state index in [0.717, 1.165) is 23.3 Å². The molecule has 0 unspecified atom stereocenters. The van der Waals surface area contributed by atoms with Crippen molar-refractivity contribution < 1.29 is 9.47 Å². The van der Waals surface area contributed by atoms with Crippen LogP contribution in [0.3, 0.4) is 0 Å². The smallest absolute Gasteiger partial charge is 0.261 e. The summed E-state index contributed by atoms with van der Waals surface area (Å²) in [5, 5.41) is 0.606. The lowest BCUT2D eigenvalue weighted by Crippen LogP contribution is -2.27. The normalized spacial score (nSPS) is 11.0. The van der Waals surface area contributed by atoms with Gasteiger partial charge in [-0.25, -0.2) is 9.97 Å². The number of ether oxygens (including phenoxy) is 2. The van der Waals surface area contributed by atoms with Crippen LogP contribution in [0.4, 0.5) is 0 Å². The number of aryl methyl sites for hydroxylation is 1. The third-order valence-corrected chi connectivity index (χ3v) is 6.60. The van der Waals surface area contributed by atoms with Crippen molar-refractivity contribution in [1.29, 1.82) is 0 Å². The molecule has 0 aliphatic rings. The van der Waals surface area contributed by atoms with Gasteiger partial charge in [-0.1, -0.05) is 60.1 Å². The van der Waals surface area contributed by atoms with Crippen molar-refractivity contribution in [2.45, 2.75) is 26.5 Å². The zero-order chi connectivity index (χ0) is 25.8. The third kappa shape index (κ3) is 5.49. The molecule has 0 radical (unpaired) electrons. The van der Waals surface area contributed by atoms with Gasteiger partial charge in [0.05, 0.1) is 19.0 Å². The minimum Gasteiger partial charge on any atom is -0.497 e. The summed E-state index contributed by atoms with van der Waals surface area (Å²) in [6.45, 7) is 2.43. The predicted molar refractivity (Wildman–Crippen MR) is 146 cm³/mol. The van der Waals surface area contributed by atoms with Gasteiger partial charge in [0.2, 0.25) is 0 Å². The second-order valence-electron chi connectivity index (χ2n) is 8.80. The van der Waals surface area contributed by atoms with E-state index >= 15 is 0 Å². The summed E-state index contributed by atoms with van der Waals surface area (Å²) < 4.78 is 13.0. The summed E-state index contributed by atoms with van der Waals surface area (Å²) in [6, 6.07) is 25.7. The molecule has 186 valence electrons. The first kappa shape index (κ1) is 24.5. The summed E-state index contributed by atoms with van der Waals surface area (Å²) in [4.78, 5) is 22.3.